The smallest absolute Gasteiger partial charge is 0.269 e. The van der Waals surface area contributed by atoms with Gasteiger partial charge in [-0.05, 0) is 13.0 Å². The van der Waals surface area contributed by atoms with Crippen molar-refractivity contribution >= 4 is 23.1 Å². The van der Waals surface area contributed by atoms with Gasteiger partial charge in [-0.1, -0.05) is 0 Å². The lowest BCUT2D eigenvalue weighted by Crippen LogP contribution is -2.04. The Bertz CT molecular complexity index is 493. The van der Waals surface area contributed by atoms with Crippen molar-refractivity contribution in [3.05, 3.63) is 39.4 Å². The van der Waals surface area contributed by atoms with E-state index in [0.717, 1.165) is 6.07 Å². The number of ketones is 1. The maximum absolute atomic E-state index is 11.1. The topological polar surface area (TPSA) is 84.0 Å². The summed E-state index contributed by atoms with van der Waals surface area (Å²) in [5.41, 5.74) is 0.146. The van der Waals surface area contributed by atoms with E-state index >= 15 is 0 Å². The second-order valence-corrected chi connectivity index (χ2v) is 3.55. The molecule has 0 fully saturated rings. The number of non-ortho nitro benzene ring substituents is 1. The van der Waals surface area contributed by atoms with Gasteiger partial charge in [0.15, 0.2) is 5.78 Å². The molecule has 5 nitrogen and oxygen atoms in total. The van der Waals surface area contributed by atoms with Crippen LogP contribution in [0.15, 0.2) is 18.2 Å². The molecule has 0 spiro atoms. The van der Waals surface area contributed by atoms with Crippen molar-refractivity contribution in [2.24, 2.45) is 0 Å². The number of Topliss-reactive ketones (excluding diaryl/α,β-unsaturated/α-hetero) is 1. The summed E-state index contributed by atoms with van der Waals surface area (Å²) in [6.45, 7) is 1.26. The molecule has 82 valence electrons. The Morgan fingerprint density at radius 2 is 2.25 bits per heavy atom. The highest BCUT2D eigenvalue weighted by atomic mass is 35.5. The van der Waals surface area contributed by atoms with Crippen LogP contribution in [0.3, 0.4) is 0 Å². The van der Waals surface area contributed by atoms with E-state index in [4.69, 9.17) is 16.9 Å². The summed E-state index contributed by atoms with van der Waals surface area (Å²) in [6, 6.07) is 5.47. The van der Waals surface area contributed by atoms with Gasteiger partial charge < -0.3 is 0 Å². The normalized spacial score (nSPS) is 11.6. The van der Waals surface area contributed by atoms with E-state index in [1.54, 1.807) is 0 Å². The number of nitriles is 1. The Hall–Kier alpha value is -1.93. The number of carbonyl (C=O) groups is 1. The van der Waals surface area contributed by atoms with Crippen LogP contribution in [0.1, 0.15) is 23.4 Å². The fraction of sp³-hybridized carbons (Fsp3) is 0.200. The molecule has 0 aliphatic rings. The Morgan fingerprint density at radius 1 is 1.62 bits per heavy atom. The Balaban J connectivity index is 3.34. The fourth-order valence-electron chi connectivity index (χ4n) is 1.19. The summed E-state index contributed by atoms with van der Waals surface area (Å²) in [7, 11) is 0. The molecule has 1 aromatic rings. The van der Waals surface area contributed by atoms with E-state index in [-0.39, 0.29) is 22.6 Å². The van der Waals surface area contributed by atoms with Gasteiger partial charge in [0.25, 0.3) is 5.69 Å². The second-order valence-electron chi connectivity index (χ2n) is 3.11. The molecule has 1 atom stereocenters. The van der Waals surface area contributed by atoms with E-state index in [1.807, 2.05) is 6.07 Å². The number of hydrogen-bond acceptors (Lipinski definition) is 4. The summed E-state index contributed by atoms with van der Waals surface area (Å²) < 4.78 is 0. The number of benzene rings is 1. The van der Waals surface area contributed by atoms with Crippen LogP contribution >= 0.6 is 11.6 Å². The molecular weight excluding hydrogens is 232 g/mol. The molecule has 1 unspecified atom stereocenters. The number of rotatable bonds is 3. The van der Waals surface area contributed by atoms with Crippen LogP contribution in [-0.2, 0) is 4.79 Å². The molecule has 0 saturated heterocycles. The molecule has 0 radical (unpaired) electrons. The van der Waals surface area contributed by atoms with Gasteiger partial charge in [-0.3, -0.25) is 14.9 Å². The minimum Gasteiger partial charge on any atom is -0.298 e. The average molecular weight is 239 g/mol. The van der Waals surface area contributed by atoms with Crippen molar-refractivity contribution in [2.45, 2.75) is 12.3 Å². The predicted molar refractivity (Wildman–Crippen MR) is 57.1 cm³/mol. The molecule has 1 rings (SSSR count). The Kier molecular flexibility index (Phi) is 3.59. The SMILES string of the molecule is CC(=O)C(Cl)c1cc([N+](=O)[O-])ccc1C#N. The lowest BCUT2D eigenvalue weighted by Gasteiger charge is -2.07. The Morgan fingerprint density at radius 3 is 2.69 bits per heavy atom. The number of nitro benzene ring substituents is 1. The van der Waals surface area contributed by atoms with Gasteiger partial charge in [-0.2, -0.15) is 5.26 Å². The number of halogens is 1. The predicted octanol–water partition coefficient (Wildman–Crippen LogP) is 2.34. The second kappa shape index (κ2) is 4.73. The monoisotopic (exact) mass is 238 g/mol. The minimum absolute atomic E-state index is 0.167. The lowest BCUT2D eigenvalue weighted by molar-refractivity contribution is -0.384. The van der Waals surface area contributed by atoms with Crippen molar-refractivity contribution < 1.29 is 9.72 Å². The highest BCUT2D eigenvalue weighted by molar-refractivity contribution is 6.31. The quantitative estimate of drug-likeness (QED) is 0.460. The first-order valence-electron chi connectivity index (χ1n) is 4.30. The van der Waals surface area contributed by atoms with E-state index in [0.29, 0.717) is 0 Å². The van der Waals surface area contributed by atoms with Crippen LogP contribution in [0, 0.1) is 21.4 Å². The van der Waals surface area contributed by atoms with Gasteiger partial charge in [-0.25, -0.2) is 0 Å². The zero-order valence-corrected chi connectivity index (χ0v) is 9.06. The summed E-state index contributed by atoms with van der Waals surface area (Å²) in [6.07, 6.45) is 0. The maximum Gasteiger partial charge on any atom is 0.269 e. The highest BCUT2D eigenvalue weighted by Gasteiger charge is 2.20. The maximum atomic E-state index is 11.1. The first kappa shape index (κ1) is 12.1. The summed E-state index contributed by atoms with van der Waals surface area (Å²) >= 11 is 5.78. The van der Waals surface area contributed by atoms with Gasteiger partial charge >= 0.3 is 0 Å². The molecule has 6 heteroatoms. The van der Waals surface area contributed by atoms with E-state index in [9.17, 15) is 14.9 Å². The molecule has 1 aromatic carbocycles. The van der Waals surface area contributed by atoms with Gasteiger partial charge in [0, 0.05) is 17.7 Å². The van der Waals surface area contributed by atoms with Crippen molar-refractivity contribution in [1.82, 2.24) is 0 Å². The number of nitrogens with zero attached hydrogens (tertiary/aromatic N) is 2. The summed E-state index contributed by atoms with van der Waals surface area (Å²) in [4.78, 5) is 21.0. The standard InChI is InChI=1S/C10H7ClN2O3/c1-6(14)10(11)9-4-8(13(15)16)3-2-7(9)5-12/h2-4,10H,1H3. The number of nitro groups is 1. The molecular formula is C10H7ClN2O3. The Labute approximate surface area is 96.4 Å². The summed E-state index contributed by atoms with van der Waals surface area (Å²) in [5, 5.41) is 18.3. The molecule has 0 saturated carbocycles. The fourth-order valence-corrected chi connectivity index (χ4v) is 1.37. The molecule has 0 amide bonds. The molecule has 16 heavy (non-hydrogen) atoms. The third-order valence-electron chi connectivity index (χ3n) is 2.00. The van der Waals surface area contributed by atoms with Gasteiger partial charge in [0.2, 0.25) is 0 Å². The molecule has 0 heterocycles. The minimum atomic E-state index is -1.03. The molecule has 0 aliphatic carbocycles. The molecule has 0 aromatic heterocycles. The van der Waals surface area contributed by atoms with Crippen molar-refractivity contribution in [3.8, 4) is 6.07 Å². The van der Waals surface area contributed by atoms with Crippen LogP contribution in [0.2, 0.25) is 0 Å². The van der Waals surface area contributed by atoms with Gasteiger partial charge in [0.1, 0.15) is 5.38 Å². The zero-order valence-electron chi connectivity index (χ0n) is 8.31. The number of alkyl halides is 1. The number of hydrogen-bond donors (Lipinski definition) is 0. The highest BCUT2D eigenvalue weighted by Crippen LogP contribution is 2.28. The molecule has 0 bridgehead atoms. The number of carbonyl (C=O) groups excluding carboxylic acids is 1. The largest absolute Gasteiger partial charge is 0.298 e. The molecule has 0 aliphatic heterocycles. The van der Waals surface area contributed by atoms with Crippen LogP contribution in [0.5, 0.6) is 0 Å². The first-order chi connectivity index (χ1) is 7.47. The van der Waals surface area contributed by atoms with E-state index in [2.05, 4.69) is 0 Å². The third kappa shape index (κ3) is 2.35. The van der Waals surface area contributed by atoms with E-state index in [1.165, 1.54) is 19.1 Å². The first-order valence-corrected chi connectivity index (χ1v) is 4.74. The van der Waals surface area contributed by atoms with Gasteiger partial charge in [-0.15, -0.1) is 11.6 Å². The molecule has 0 N–H and O–H groups in total. The van der Waals surface area contributed by atoms with Crippen LogP contribution < -0.4 is 0 Å². The van der Waals surface area contributed by atoms with E-state index < -0.39 is 10.3 Å². The average Bonchev–Trinajstić information content (AvgIpc) is 2.26. The van der Waals surface area contributed by atoms with Crippen molar-refractivity contribution in [2.75, 3.05) is 0 Å². The van der Waals surface area contributed by atoms with Crippen LogP contribution in [-0.4, -0.2) is 10.7 Å². The van der Waals surface area contributed by atoms with Gasteiger partial charge in [0.05, 0.1) is 16.6 Å². The van der Waals surface area contributed by atoms with Crippen molar-refractivity contribution in [3.63, 3.8) is 0 Å². The lowest BCUT2D eigenvalue weighted by atomic mass is 10.0. The zero-order chi connectivity index (χ0) is 12.3. The van der Waals surface area contributed by atoms with Crippen LogP contribution in [0.4, 0.5) is 5.69 Å². The van der Waals surface area contributed by atoms with Crippen LogP contribution in [0.25, 0.3) is 0 Å². The van der Waals surface area contributed by atoms with Crippen molar-refractivity contribution in [1.29, 1.82) is 5.26 Å². The summed E-state index contributed by atoms with van der Waals surface area (Å²) in [5.74, 6) is -0.362. The third-order valence-corrected chi connectivity index (χ3v) is 2.54.